The van der Waals surface area contributed by atoms with Crippen molar-refractivity contribution >= 4 is 60.9 Å². The molecule has 2 aromatic carbocycles. The molecule has 0 aliphatic carbocycles. The quantitative estimate of drug-likeness (QED) is 0.231. The summed E-state index contributed by atoms with van der Waals surface area (Å²) in [6.45, 7) is 2.40. The first kappa shape index (κ1) is 24.9. The number of benzene rings is 2. The molecular formula is C28H20ClN3O6S. The monoisotopic (exact) mass is 561 g/mol. The summed E-state index contributed by atoms with van der Waals surface area (Å²) in [5.41, 5.74) is 1.34. The smallest absolute Gasteiger partial charge is 0.296 e. The fraction of sp³-hybridized carbons (Fsp3) is 0.143. The maximum atomic E-state index is 13.9. The van der Waals surface area contributed by atoms with E-state index in [0.29, 0.717) is 50.3 Å². The molecule has 39 heavy (non-hydrogen) atoms. The zero-order valence-corrected chi connectivity index (χ0v) is 22.2. The molecular weight excluding hydrogens is 542 g/mol. The number of pyridine rings is 1. The average molecular weight is 562 g/mol. The second kappa shape index (κ2) is 9.72. The van der Waals surface area contributed by atoms with E-state index < -0.39 is 23.5 Å². The van der Waals surface area contributed by atoms with Gasteiger partial charge in [-0.15, -0.1) is 0 Å². The normalized spacial score (nSPS) is 15.5. The van der Waals surface area contributed by atoms with E-state index in [4.69, 9.17) is 25.5 Å². The van der Waals surface area contributed by atoms with Crippen LogP contribution in [0.25, 0.3) is 21.2 Å². The molecule has 0 bridgehead atoms. The molecule has 5 aromatic rings. The SMILES string of the molecule is CCOc1ccc2nc(N3C(=O)C(O)=C(C(=O)c4cc5cc(Cl)cc(OC)c5o4)C3c3cccnc3)sc2c1. The van der Waals surface area contributed by atoms with Crippen LogP contribution in [0.15, 0.2) is 76.7 Å². The molecule has 1 unspecified atom stereocenters. The molecule has 4 heterocycles. The van der Waals surface area contributed by atoms with Gasteiger partial charge in [0.25, 0.3) is 5.91 Å². The van der Waals surface area contributed by atoms with Gasteiger partial charge in [-0.05, 0) is 48.9 Å². The molecule has 3 aromatic heterocycles. The summed E-state index contributed by atoms with van der Waals surface area (Å²) in [5.74, 6) is -1.16. The maximum absolute atomic E-state index is 13.9. The second-order valence-corrected chi connectivity index (χ2v) is 10.1. The van der Waals surface area contributed by atoms with Crippen LogP contribution < -0.4 is 14.4 Å². The van der Waals surface area contributed by atoms with Crippen LogP contribution in [0.5, 0.6) is 11.5 Å². The number of thiazole rings is 1. The van der Waals surface area contributed by atoms with Gasteiger partial charge in [-0.1, -0.05) is 29.0 Å². The van der Waals surface area contributed by atoms with Crippen LogP contribution in [0, 0.1) is 0 Å². The lowest BCUT2D eigenvalue weighted by Crippen LogP contribution is -2.31. The van der Waals surface area contributed by atoms with Crippen molar-refractivity contribution in [1.82, 2.24) is 9.97 Å². The summed E-state index contributed by atoms with van der Waals surface area (Å²) in [7, 11) is 1.46. The number of ether oxygens (including phenoxy) is 2. The van der Waals surface area contributed by atoms with Gasteiger partial charge in [0.15, 0.2) is 28.0 Å². The Morgan fingerprint density at radius 1 is 1.23 bits per heavy atom. The summed E-state index contributed by atoms with van der Waals surface area (Å²) >= 11 is 7.43. The Hall–Kier alpha value is -4.41. The van der Waals surface area contributed by atoms with Gasteiger partial charge < -0.3 is 19.0 Å². The Morgan fingerprint density at radius 2 is 2.08 bits per heavy atom. The Labute approximate surface area is 230 Å². The zero-order chi connectivity index (χ0) is 27.3. The van der Waals surface area contributed by atoms with Crippen LogP contribution >= 0.6 is 22.9 Å². The van der Waals surface area contributed by atoms with E-state index in [-0.39, 0.29) is 11.3 Å². The number of carbonyl (C=O) groups excluding carboxylic acids is 2. The summed E-state index contributed by atoms with van der Waals surface area (Å²) in [6.07, 6.45) is 3.12. The molecule has 1 amide bonds. The van der Waals surface area contributed by atoms with Crippen molar-refractivity contribution < 1.29 is 28.6 Å². The highest BCUT2D eigenvalue weighted by Gasteiger charge is 2.46. The third-order valence-corrected chi connectivity index (χ3v) is 7.54. The fourth-order valence-electron chi connectivity index (χ4n) is 4.62. The van der Waals surface area contributed by atoms with Crippen LogP contribution in [0.1, 0.15) is 29.1 Å². The minimum atomic E-state index is -0.996. The largest absolute Gasteiger partial charge is 0.503 e. The van der Waals surface area contributed by atoms with Gasteiger partial charge in [-0.25, -0.2) is 4.98 Å². The number of anilines is 1. The third kappa shape index (κ3) is 4.18. The number of nitrogens with zero attached hydrogens (tertiary/aromatic N) is 3. The number of Topliss-reactive ketones (excluding diaryl/α,β-unsaturated/α-hetero) is 1. The number of hydrogen-bond acceptors (Lipinski definition) is 9. The number of halogens is 1. The molecule has 1 aliphatic heterocycles. The van der Waals surface area contributed by atoms with Crippen molar-refractivity contribution in [1.29, 1.82) is 0 Å². The highest BCUT2D eigenvalue weighted by atomic mass is 35.5. The van der Waals surface area contributed by atoms with Gasteiger partial charge in [0, 0.05) is 28.9 Å². The van der Waals surface area contributed by atoms with E-state index in [9.17, 15) is 14.7 Å². The molecule has 0 saturated carbocycles. The van der Waals surface area contributed by atoms with Gasteiger partial charge in [-0.3, -0.25) is 19.5 Å². The molecule has 0 fully saturated rings. The van der Waals surface area contributed by atoms with E-state index in [0.717, 1.165) is 4.70 Å². The number of fused-ring (bicyclic) bond motifs is 2. The number of furan rings is 1. The number of methoxy groups -OCH3 is 1. The van der Waals surface area contributed by atoms with Crippen LogP contribution in [-0.4, -0.2) is 40.5 Å². The summed E-state index contributed by atoms with van der Waals surface area (Å²) < 4.78 is 17.6. The predicted octanol–water partition coefficient (Wildman–Crippen LogP) is 6.28. The highest BCUT2D eigenvalue weighted by molar-refractivity contribution is 7.22. The van der Waals surface area contributed by atoms with E-state index in [1.807, 2.05) is 13.0 Å². The van der Waals surface area contributed by atoms with Crippen molar-refractivity contribution in [3.63, 3.8) is 0 Å². The molecule has 0 spiro atoms. The number of aromatic nitrogens is 2. The summed E-state index contributed by atoms with van der Waals surface area (Å²) in [6, 6.07) is 12.6. The van der Waals surface area contributed by atoms with Crippen LogP contribution in [0.3, 0.4) is 0 Å². The van der Waals surface area contributed by atoms with Gasteiger partial charge in [-0.2, -0.15) is 0 Å². The molecule has 11 heteroatoms. The second-order valence-electron chi connectivity index (χ2n) is 8.65. The number of hydrogen-bond donors (Lipinski definition) is 1. The molecule has 196 valence electrons. The molecule has 0 saturated heterocycles. The number of rotatable bonds is 7. The van der Waals surface area contributed by atoms with E-state index in [1.54, 1.807) is 48.8 Å². The number of aliphatic hydroxyl groups excluding tert-OH is 1. The minimum absolute atomic E-state index is 0.0821. The van der Waals surface area contributed by atoms with Gasteiger partial charge >= 0.3 is 0 Å². The highest BCUT2D eigenvalue weighted by Crippen LogP contribution is 2.45. The summed E-state index contributed by atoms with van der Waals surface area (Å²) in [5, 5.41) is 12.3. The fourth-order valence-corrected chi connectivity index (χ4v) is 5.86. The number of carbonyl (C=O) groups is 2. The van der Waals surface area contributed by atoms with Gasteiger partial charge in [0.1, 0.15) is 5.75 Å². The molecule has 1 aliphatic rings. The molecule has 1 N–H and O–H groups in total. The number of ketones is 1. The van der Waals surface area contributed by atoms with Crippen molar-refractivity contribution in [2.75, 3.05) is 18.6 Å². The first-order valence-electron chi connectivity index (χ1n) is 11.9. The molecule has 6 rings (SSSR count). The lowest BCUT2D eigenvalue weighted by atomic mass is 9.96. The van der Waals surface area contributed by atoms with Crippen LogP contribution in [0.4, 0.5) is 5.13 Å². The van der Waals surface area contributed by atoms with Gasteiger partial charge in [0.05, 0.1) is 35.5 Å². The Morgan fingerprint density at radius 3 is 2.82 bits per heavy atom. The van der Waals surface area contributed by atoms with Gasteiger partial charge in [0.2, 0.25) is 5.78 Å². The Kier molecular flexibility index (Phi) is 6.20. The molecule has 1 atom stereocenters. The number of aliphatic hydroxyl groups is 1. The minimum Gasteiger partial charge on any atom is -0.503 e. The molecule has 9 nitrogen and oxygen atoms in total. The first-order valence-corrected chi connectivity index (χ1v) is 13.1. The van der Waals surface area contributed by atoms with E-state index >= 15 is 0 Å². The van der Waals surface area contributed by atoms with Crippen molar-refractivity contribution in [2.45, 2.75) is 13.0 Å². The maximum Gasteiger partial charge on any atom is 0.296 e. The third-order valence-electron chi connectivity index (χ3n) is 6.31. The molecule has 0 radical (unpaired) electrons. The number of amides is 1. The Balaban J connectivity index is 1.47. The van der Waals surface area contributed by atoms with Crippen LogP contribution in [-0.2, 0) is 4.79 Å². The Bertz CT molecular complexity index is 1800. The van der Waals surface area contributed by atoms with Crippen LogP contribution in [0.2, 0.25) is 5.02 Å². The standard InChI is InChI=1S/C28H20ClN3O6S/c1-3-37-17-6-7-18-21(12-17)39-28(31-18)32-23(14-5-4-8-30-13-14)22(25(34)27(32)35)24(33)19-10-15-9-16(29)11-20(36-2)26(15)38-19/h4-13,23,34H,3H2,1-2H3. The lowest BCUT2D eigenvalue weighted by molar-refractivity contribution is -0.117. The summed E-state index contributed by atoms with van der Waals surface area (Å²) in [4.78, 5) is 37.5. The lowest BCUT2D eigenvalue weighted by Gasteiger charge is -2.23. The van der Waals surface area contributed by atoms with Crippen molar-refractivity contribution in [3.8, 4) is 11.5 Å². The van der Waals surface area contributed by atoms with E-state index in [1.165, 1.54) is 29.4 Å². The zero-order valence-electron chi connectivity index (χ0n) is 20.7. The first-order chi connectivity index (χ1) is 18.9. The topological polar surface area (TPSA) is 115 Å². The average Bonchev–Trinajstić information content (AvgIpc) is 3.62. The van der Waals surface area contributed by atoms with Crippen molar-refractivity contribution in [3.05, 3.63) is 88.6 Å². The van der Waals surface area contributed by atoms with E-state index in [2.05, 4.69) is 9.97 Å². The predicted molar refractivity (Wildman–Crippen MR) is 147 cm³/mol. The van der Waals surface area contributed by atoms with Crippen molar-refractivity contribution in [2.24, 2.45) is 0 Å².